The van der Waals surface area contributed by atoms with Crippen LogP contribution in [0.3, 0.4) is 0 Å². The standard InChI is InChI=1S/C25H28N4O3S/c1-16-6-5-8-18(12-16)24-27-28-25(29(24)20-9-4-3-7-17(20)2)33-14-23(30)26-19-10-11-21-22(13-19)32-15-31-21/h5-6,8,10-13,17,20H,3-4,7,9,14-15H2,1-2H3,(H,26,30)/t17-,20+/m0/s1. The van der Waals surface area contributed by atoms with E-state index in [-0.39, 0.29) is 18.5 Å². The van der Waals surface area contributed by atoms with E-state index in [1.54, 1.807) is 12.1 Å². The quantitative estimate of drug-likeness (QED) is 0.488. The van der Waals surface area contributed by atoms with E-state index < -0.39 is 0 Å². The molecule has 1 N–H and O–H groups in total. The lowest BCUT2D eigenvalue weighted by Gasteiger charge is -2.31. The van der Waals surface area contributed by atoms with Gasteiger partial charge in [0.15, 0.2) is 22.5 Å². The summed E-state index contributed by atoms with van der Waals surface area (Å²) < 4.78 is 13.0. The Kier molecular flexibility index (Phi) is 6.26. The maximum atomic E-state index is 12.7. The molecule has 8 heteroatoms. The van der Waals surface area contributed by atoms with Gasteiger partial charge in [0.25, 0.3) is 0 Å². The first-order chi connectivity index (χ1) is 16.1. The van der Waals surface area contributed by atoms with Gasteiger partial charge in [0.05, 0.1) is 5.75 Å². The highest BCUT2D eigenvalue weighted by Gasteiger charge is 2.29. The Morgan fingerprint density at radius 2 is 1.97 bits per heavy atom. The number of hydrogen-bond acceptors (Lipinski definition) is 6. The molecule has 1 aromatic heterocycles. The summed E-state index contributed by atoms with van der Waals surface area (Å²) in [6, 6.07) is 14.1. The summed E-state index contributed by atoms with van der Waals surface area (Å²) in [5.41, 5.74) is 2.95. The minimum atomic E-state index is -0.0952. The SMILES string of the molecule is Cc1cccc(-c2nnc(SCC(=O)Nc3ccc4c(c3)OCO4)n2[C@@H]2CCCC[C@@H]2C)c1. The molecular formula is C25H28N4O3S. The van der Waals surface area contributed by atoms with Gasteiger partial charge in [-0.25, -0.2) is 0 Å². The van der Waals surface area contributed by atoms with Crippen molar-refractivity contribution in [3.05, 3.63) is 48.0 Å². The van der Waals surface area contributed by atoms with Crippen molar-refractivity contribution in [3.8, 4) is 22.9 Å². The van der Waals surface area contributed by atoms with E-state index in [9.17, 15) is 4.79 Å². The van der Waals surface area contributed by atoms with Gasteiger partial charge in [0.1, 0.15) is 0 Å². The van der Waals surface area contributed by atoms with Crippen LogP contribution in [0.4, 0.5) is 5.69 Å². The number of hydrogen-bond donors (Lipinski definition) is 1. The lowest BCUT2D eigenvalue weighted by molar-refractivity contribution is -0.113. The largest absolute Gasteiger partial charge is 0.454 e. The molecule has 1 fully saturated rings. The molecule has 33 heavy (non-hydrogen) atoms. The number of benzene rings is 2. The van der Waals surface area contributed by atoms with Crippen molar-refractivity contribution in [1.82, 2.24) is 14.8 Å². The van der Waals surface area contributed by atoms with E-state index in [1.165, 1.54) is 36.6 Å². The molecule has 0 unspecified atom stereocenters. The lowest BCUT2D eigenvalue weighted by Crippen LogP contribution is -2.23. The fourth-order valence-corrected chi connectivity index (χ4v) is 5.43. The molecule has 1 amide bonds. The van der Waals surface area contributed by atoms with E-state index in [0.717, 1.165) is 23.0 Å². The van der Waals surface area contributed by atoms with Gasteiger partial charge in [-0.2, -0.15) is 0 Å². The smallest absolute Gasteiger partial charge is 0.234 e. The first-order valence-corrected chi connectivity index (χ1v) is 12.4. The van der Waals surface area contributed by atoms with E-state index in [1.807, 2.05) is 6.07 Å². The second-order valence-electron chi connectivity index (χ2n) is 8.78. The number of carbonyl (C=O) groups excluding carboxylic acids is 1. The highest BCUT2D eigenvalue weighted by molar-refractivity contribution is 7.99. The molecule has 1 aliphatic heterocycles. The van der Waals surface area contributed by atoms with Gasteiger partial charge in [0, 0.05) is 23.4 Å². The predicted octanol–water partition coefficient (Wildman–Crippen LogP) is 5.46. The number of aryl methyl sites for hydroxylation is 1. The summed E-state index contributed by atoms with van der Waals surface area (Å²) in [4.78, 5) is 12.7. The lowest BCUT2D eigenvalue weighted by atomic mass is 9.85. The predicted molar refractivity (Wildman–Crippen MR) is 129 cm³/mol. The zero-order chi connectivity index (χ0) is 22.8. The number of aromatic nitrogens is 3. The third-order valence-corrected chi connectivity index (χ3v) is 7.27. The van der Waals surface area contributed by atoms with Crippen LogP contribution in [0.5, 0.6) is 11.5 Å². The molecule has 1 saturated carbocycles. The maximum absolute atomic E-state index is 12.7. The minimum Gasteiger partial charge on any atom is -0.454 e. The van der Waals surface area contributed by atoms with Gasteiger partial charge in [0.2, 0.25) is 12.7 Å². The van der Waals surface area contributed by atoms with E-state index >= 15 is 0 Å². The summed E-state index contributed by atoms with van der Waals surface area (Å²) in [5.74, 6) is 2.93. The molecule has 2 aliphatic rings. The molecule has 0 saturated heterocycles. The van der Waals surface area contributed by atoms with Crippen molar-refractivity contribution in [1.29, 1.82) is 0 Å². The molecule has 2 heterocycles. The number of nitrogens with one attached hydrogen (secondary N) is 1. The molecule has 172 valence electrons. The summed E-state index contributed by atoms with van der Waals surface area (Å²) in [6.45, 7) is 4.61. The summed E-state index contributed by atoms with van der Waals surface area (Å²) in [6.07, 6.45) is 4.77. The number of fused-ring (bicyclic) bond motifs is 1. The zero-order valence-electron chi connectivity index (χ0n) is 18.9. The number of rotatable bonds is 6. The van der Waals surface area contributed by atoms with Crippen LogP contribution in [0, 0.1) is 12.8 Å². The molecule has 5 rings (SSSR count). The number of amides is 1. The molecule has 2 aromatic carbocycles. The average molecular weight is 465 g/mol. The van der Waals surface area contributed by atoms with Crippen LogP contribution in [0.15, 0.2) is 47.6 Å². The first kappa shape index (κ1) is 21.8. The number of carbonyl (C=O) groups is 1. The number of ether oxygens (including phenoxy) is 2. The van der Waals surface area contributed by atoms with Crippen molar-refractivity contribution in [2.75, 3.05) is 17.9 Å². The third kappa shape index (κ3) is 4.71. The fourth-order valence-electron chi connectivity index (χ4n) is 4.64. The van der Waals surface area contributed by atoms with Crippen molar-refractivity contribution < 1.29 is 14.3 Å². The molecule has 7 nitrogen and oxygen atoms in total. The molecule has 3 aromatic rings. The number of anilines is 1. The van der Waals surface area contributed by atoms with Gasteiger partial charge >= 0.3 is 0 Å². The van der Waals surface area contributed by atoms with Crippen LogP contribution in [-0.4, -0.2) is 33.2 Å². The Labute approximate surface area is 197 Å². The Hall–Kier alpha value is -3.00. The molecule has 0 spiro atoms. The zero-order valence-corrected chi connectivity index (χ0v) is 19.7. The van der Waals surface area contributed by atoms with Crippen molar-refractivity contribution in [2.45, 2.75) is 50.7 Å². The summed E-state index contributed by atoms with van der Waals surface area (Å²) in [5, 5.41) is 12.8. The minimum absolute atomic E-state index is 0.0952. The fraction of sp³-hybridized carbons (Fsp3) is 0.400. The summed E-state index contributed by atoms with van der Waals surface area (Å²) in [7, 11) is 0. The molecular weight excluding hydrogens is 436 g/mol. The van der Waals surface area contributed by atoms with Gasteiger partial charge < -0.3 is 14.8 Å². The van der Waals surface area contributed by atoms with Crippen LogP contribution in [-0.2, 0) is 4.79 Å². The monoisotopic (exact) mass is 464 g/mol. The average Bonchev–Trinajstić information content (AvgIpc) is 3.45. The molecule has 2 atom stereocenters. The van der Waals surface area contributed by atoms with E-state index in [0.29, 0.717) is 29.1 Å². The van der Waals surface area contributed by atoms with Crippen LogP contribution >= 0.6 is 11.8 Å². The molecule has 0 radical (unpaired) electrons. The Morgan fingerprint density at radius 3 is 2.82 bits per heavy atom. The van der Waals surface area contributed by atoms with E-state index in [2.05, 4.69) is 58.2 Å². The topological polar surface area (TPSA) is 78.3 Å². The molecule has 0 bridgehead atoms. The molecule has 1 aliphatic carbocycles. The highest BCUT2D eigenvalue weighted by atomic mass is 32.2. The van der Waals surface area contributed by atoms with Crippen molar-refractivity contribution in [3.63, 3.8) is 0 Å². The van der Waals surface area contributed by atoms with Crippen LogP contribution < -0.4 is 14.8 Å². The van der Waals surface area contributed by atoms with Gasteiger partial charge in [-0.05, 0) is 43.9 Å². The van der Waals surface area contributed by atoms with Gasteiger partial charge in [-0.3, -0.25) is 9.36 Å². The Balaban J connectivity index is 1.35. The van der Waals surface area contributed by atoms with Crippen LogP contribution in [0.25, 0.3) is 11.4 Å². The van der Waals surface area contributed by atoms with Crippen molar-refractivity contribution in [2.24, 2.45) is 5.92 Å². The van der Waals surface area contributed by atoms with Crippen molar-refractivity contribution >= 4 is 23.4 Å². The second kappa shape index (κ2) is 9.47. The first-order valence-electron chi connectivity index (χ1n) is 11.4. The number of nitrogens with zero attached hydrogens (tertiary/aromatic N) is 3. The maximum Gasteiger partial charge on any atom is 0.234 e. The Bertz CT molecular complexity index is 1160. The summed E-state index contributed by atoms with van der Waals surface area (Å²) >= 11 is 1.44. The Morgan fingerprint density at radius 1 is 1.12 bits per heavy atom. The number of thioether (sulfide) groups is 1. The third-order valence-electron chi connectivity index (χ3n) is 6.33. The van der Waals surface area contributed by atoms with Gasteiger partial charge in [-0.1, -0.05) is 55.3 Å². The second-order valence-corrected chi connectivity index (χ2v) is 9.72. The van der Waals surface area contributed by atoms with E-state index in [4.69, 9.17) is 9.47 Å². The van der Waals surface area contributed by atoms with Crippen LogP contribution in [0.1, 0.15) is 44.2 Å². The van der Waals surface area contributed by atoms with Gasteiger partial charge in [-0.15, -0.1) is 10.2 Å². The normalized spacial score (nSPS) is 19.5. The highest BCUT2D eigenvalue weighted by Crippen LogP contribution is 2.39. The van der Waals surface area contributed by atoms with Crippen LogP contribution in [0.2, 0.25) is 0 Å².